The minimum Gasteiger partial charge on any atom is -0.384 e. The minimum atomic E-state index is -0.786. The van der Waals surface area contributed by atoms with Gasteiger partial charge in [-0.1, -0.05) is 54.1 Å². The molecule has 20 heavy (non-hydrogen) atoms. The molecule has 1 aliphatic heterocycles. The Bertz CT molecular complexity index is 558. The van der Waals surface area contributed by atoms with Gasteiger partial charge in [0, 0.05) is 24.0 Å². The topological polar surface area (TPSA) is 32.3 Å². The number of hydrogen-bond donors (Lipinski definition) is 2. The molecular weight excluding hydrogens is 293 g/mol. The molecule has 2 atom stereocenters. The molecule has 2 aromatic rings. The van der Waals surface area contributed by atoms with Crippen molar-refractivity contribution < 1.29 is 5.11 Å². The Morgan fingerprint density at radius 3 is 2.35 bits per heavy atom. The molecule has 0 amide bonds. The van der Waals surface area contributed by atoms with E-state index in [-0.39, 0.29) is 18.4 Å². The molecule has 1 aliphatic rings. The first-order valence-corrected chi connectivity index (χ1v) is 6.82. The van der Waals surface area contributed by atoms with Crippen LogP contribution in [0.3, 0.4) is 0 Å². The number of hydrogen-bond acceptors (Lipinski definition) is 2. The number of nitrogens with one attached hydrogen (secondary N) is 1. The third kappa shape index (κ3) is 2.99. The highest BCUT2D eigenvalue weighted by molar-refractivity contribution is 6.30. The summed E-state index contributed by atoms with van der Waals surface area (Å²) in [5, 5.41) is 14.9. The lowest BCUT2D eigenvalue weighted by molar-refractivity contribution is 0.0559. The molecule has 0 radical (unpaired) electrons. The fourth-order valence-electron chi connectivity index (χ4n) is 2.67. The van der Waals surface area contributed by atoms with E-state index in [1.165, 1.54) is 0 Å². The van der Waals surface area contributed by atoms with Crippen molar-refractivity contribution in [2.75, 3.05) is 6.54 Å². The van der Waals surface area contributed by atoms with Gasteiger partial charge in [0.25, 0.3) is 0 Å². The highest BCUT2D eigenvalue weighted by Crippen LogP contribution is 2.37. The molecule has 2 aromatic carbocycles. The molecule has 4 heteroatoms. The van der Waals surface area contributed by atoms with E-state index in [1.807, 2.05) is 54.6 Å². The van der Waals surface area contributed by atoms with Gasteiger partial charge in [-0.2, -0.15) is 0 Å². The predicted octanol–water partition coefficient (Wildman–Crippen LogP) is 3.68. The SMILES string of the molecule is Cl.OC1(c2ccccc2)CNC(c2ccc(Cl)cc2)C1. The van der Waals surface area contributed by atoms with Gasteiger partial charge in [-0.3, -0.25) is 0 Å². The molecule has 2 N–H and O–H groups in total. The van der Waals surface area contributed by atoms with Gasteiger partial charge < -0.3 is 10.4 Å². The van der Waals surface area contributed by atoms with Crippen LogP contribution in [0.1, 0.15) is 23.6 Å². The summed E-state index contributed by atoms with van der Waals surface area (Å²) in [4.78, 5) is 0. The second-order valence-corrected chi connectivity index (χ2v) is 5.52. The van der Waals surface area contributed by atoms with E-state index in [0.29, 0.717) is 13.0 Å². The van der Waals surface area contributed by atoms with Gasteiger partial charge in [0.1, 0.15) is 5.60 Å². The van der Waals surface area contributed by atoms with Crippen LogP contribution in [0.25, 0.3) is 0 Å². The van der Waals surface area contributed by atoms with Crippen molar-refractivity contribution in [2.45, 2.75) is 18.1 Å². The Morgan fingerprint density at radius 2 is 1.70 bits per heavy atom. The molecule has 0 aromatic heterocycles. The van der Waals surface area contributed by atoms with Crippen LogP contribution >= 0.6 is 24.0 Å². The first-order chi connectivity index (χ1) is 9.17. The van der Waals surface area contributed by atoms with Gasteiger partial charge in [0.2, 0.25) is 0 Å². The summed E-state index contributed by atoms with van der Waals surface area (Å²) >= 11 is 5.90. The van der Waals surface area contributed by atoms with Crippen molar-refractivity contribution >= 4 is 24.0 Å². The first-order valence-electron chi connectivity index (χ1n) is 6.44. The first kappa shape index (κ1) is 15.3. The molecule has 1 heterocycles. The van der Waals surface area contributed by atoms with Crippen LogP contribution in [-0.4, -0.2) is 11.7 Å². The summed E-state index contributed by atoms with van der Waals surface area (Å²) in [6.07, 6.45) is 0.679. The fraction of sp³-hybridized carbons (Fsp3) is 0.250. The van der Waals surface area contributed by atoms with Crippen molar-refractivity contribution in [2.24, 2.45) is 0 Å². The van der Waals surface area contributed by atoms with E-state index in [4.69, 9.17) is 11.6 Å². The van der Waals surface area contributed by atoms with Crippen molar-refractivity contribution in [1.82, 2.24) is 5.32 Å². The van der Waals surface area contributed by atoms with Crippen LogP contribution in [0.5, 0.6) is 0 Å². The van der Waals surface area contributed by atoms with Crippen LogP contribution in [0, 0.1) is 0 Å². The van der Waals surface area contributed by atoms with Crippen molar-refractivity contribution in [3.63, 3.8) is 0 Å². The van der Waals surface area contributed by atoms with E-state index in [2.05, 4.69) is 5.32 Å². The number of halogens is 2. The normalized spacial score (nSPS) is 25.2. The number of β-amino-alcohol motifs (C(OH)–C–C–N with tert-alkyl or cyclic N) is 1. The lowest BCUT2D eigenvalue weighted by Crippen LogP contribution is -2.28. The molecule has 1 saturated heterocycles. The van der Waals surface area contributed by atoms with Crippen LogP contribution in [0.2, 0.25) is 5.02 Å². The largest absolute Gasteiger partial charge is 0.384 e. The summed E-state index contributed by atoms with van der Waals surface area (Å²) in [5.41, 5.74) is 1.35. The summed E-state index contributed by atoms with van der Waals surface area (Å²) in [5.74, 6) is 0. The van der Waals surface area contributed by atoms with Gasteiger partial charge in [-0.05, 0) is 23.3 Å². The molecule has 0 bridgehead atoms. The van der Waals surface area contributed by atoms with E-state index < -0.39 is 5.60 Å². The molecule has 2 unspecified atom stereocenters. The van der Waals surface area contributed by atoms with Crippen molar-refractivity contribution in [1.29, 1.82) is 0 Å². The summed E-state index contributed by atoms with van der Waals surface area (Å²) < 4.78 is 0. The zero-order valence-electron chi connectivity index (χ0n) is 10.9. The number of rotatable bonds is 2. The maximum absolute atomic E-state index is 10.8. The number of benzene rings is 2. The lowest BCUT2D eigenvalue weighted by atomic mass is 9.89. The third-order valence-corrected chi connectivity index (χ3v) is 4.02. The zero-order chi connectivity index (χ0) is 13.3. The maximum atomic E-state index is 10.8. The molecule has 0 aliphatic carbocycles. The Morgan fingerprint density at radius 1 is 1.05 bits per heavy atom. The molecular formula is C16H17Cl2NO. The molecule has 0 spiro atoms. The Labute approximate surface area is 130 Å². The predicted molar refractivity (Wildman–Crippen MR) is 84.4 cm³/mol. The molecule has 3 rings (SSSR count). The summed E-state index contributed by atoms with van der Waals surface area (Å²) in [6, 6.07) is 17.8. The van der Waals surface area contributed by atoms with Gasteiger partial charge in [0.15, 0.2) is 0 Å². The van der Waals surface area contributed by atoms with Crippen LogP contribution in [0.4, 0.5) is 0 Å². The second-order valence-electron chi connectivity index (χ2n) is 5.09. The summed E-state index contributed by atoms with van der Waals surface area (Å²) in [6.45, 7) is 0.574. The van der Waals surface area contributed by atoms with Gasteiger partial charge in [-0.15, -0.1) is 12.4 Å². The highest BCUT2D eigenvalue weighted by Gasteiger charge is 2.38. The quantitative estimate of drug-likeness (QED) is 0.887. The van der Waals surface area contributed by atoms with E-state index in [0.717, 1.165) is 16.1 Å². The minimum absolute atomic E-state index is 0. The molecule has 2 nitrogen and oxygen atoms in total. The molecule has 106 valence electrons. The van der Waals surface area contributed by atoms with Gasteiger partial charge >= 0.3 is 0 Å². The van der Waals surface area contributed by atoms with E-state index >= 15 is 0 Å². The summed E-state index contributed by atoms with van der Waals surface area (Å²) in [7, 11) is 0. The molecule has 0 saturated carbocycles. The Balaban J connectivity index is 0.00000147. The average Bonchev–Trinajstić information content (AvgIpc) is 2.85. The standard InChI is InChI=1S/C16H16ClNO.ClH/c17-14-8-6-12(7-9-14)15-10-16(19,11-18-15)13-4-2-1-3-5-13;/h1-9,15,18-19H,10-11H2;1H. The van der Waals surface area contributed by atoms with Crippen LogP contribution in [-0.2, 0) is 5.60 Å². The van der Waals surface area contributed by atoms with Crippen LogP contribution in [0.15, 0.2) is 54.6 Å². The van der Waals surface area contributed by atoms with Crippen molar-refractivity contribution in [3.05, 3.63) is 70.7 Å². The van der Waals surface area contributed by atoms with E-state index in [1.54, 1.807) is 0 Å². The van der Waals surface area contributed by atoms with Gasteiger partial charge in [-0.25, -0.2) is 0 Å². The monoisotopic (exact) mass is 309 g/mol. The van der Waals surface area contributed by atoms with Gasteiger partial charge in [0.05, 0.1) is 0 Å². The second kappa shape index (κ2) is 6.15. The number of aliphatic hydroxyl groups is 1. The van der Waals surface area contributed by atoms with Crippen molar-refractivity contribution in [3.8, 4) is 0 Å². The molecule has 1 fully saturated rings. The Kier molecular flexibility index (Phi) is 4.71. The lowest BCUT2D eigenvalue weighted by Gasteiger charge is -2.22. The smallest absolute Gasteiger partial charge is 0.104 e. The van der Waals surface area contributed by atoms with Crippen LogP contribution < -0.4 is 5.32 Å². The Hall–Kier alpha value is -1.06. The highest BCUT2D eigenvalue weighted by atomic mass is 35.5. The zero-order valence-corrected chi connectivity index (χ0v) is 12.5. The average molecular weight is 310 g/mol. The maximum Gasteiger partial charge on any atom is 0.104 e. The fourth-order valence-corrected chi connectivity index (χ4v) is 2.80. The van der Waals surface area contributed by atoms with E-state index in [9.17, 15) is 5.11 Å². The third-order valence-electron chi connectivity index (χ3n) is 3.77.